The molecule has 2 rings (SSSR count). The fourth-order valence-electron chi connectivity index (χ4n) is 2.17. The zero-order valence-corrected chi connectivity index (χ0v) is 10.8. The van der Waals surface area contributed by atoms with E-state index in [1.807, 2.05) is 17.0 Å². The molecule has 1 fully saturated rings. The fraction of sp³-hybridized carbons (Fsp3) is 0.538. The first-order chi connectivity index (χ1) is 8.74. The van der Waals surface area contributed by atoms with Crippen LogP contribution in [0.3, 0.4) is 0 Å². The Kier molecular flexibility index (Phi) is 4.15. The number of likely N-dealkylation sites (tertiary alicyclic amines) is 1. The molecule has 0 bridgehead atoms. The van der Waals surface area contributed by atoms with Crippen LogP contribution in [-0.2, 0) is 4.74 Å². The Morgan fingerprint density at radius 2 is 2.39 bits per heavy atom. The van der Waals surface area contributed by atoms with Crippen molar-refractivity contribution < 1.29 is 9.53 Å². The molecule has 1 aromatic rings. The van der Waals surface area contributed by atoms with Gasteiger partial charge in [0.15, 0.2) is 0 Å². The van der Waals surface area contributed by atoms with E-state index in [1.54, 1.807) is 20.2 Å². The van der Waals surface area contributed by atoms with Crippen molar-refractivity contribution in [3.05, 3.63) is 23.9 Å². The standard InChI is InChI=1S/C13H19N3O2/c1-14-12-7-3-6-11(15-12)13(17)16-8-4-5-10(9-16)18-2/h3,6-7,10H,4-5,8-9H2,1-2H3,(H,14,15). The number of carbonyl (C=O) groups is 1. The zero-order valence-electron chi connectivity index (χ0n) is 10.8. The van der Waals surface area contributed by atoms with Crippen molar-refractivity contribution in [3.63, 3.8) is 0 Å². The third-order valence-electron chi connectivity index (χ3n) is 3.22. The number of nitrogens with one attached hydrogen (secondary N) is 1. The fourth-order valence-corrected chi connectivity index (χ4v) is 2.17. The van der Waals surface area contributed by atoms with Crippen LogP contribution >= 0.6 is 0 Å². The molecule has 0 saturated carbocycles. The Hall–Kier alpha value is -1.62. The van der Waals surface area contributed by atoms with Gasteiger partial charge in [-0.2, -0.15) is 0 Å². The van der Waals surface area contributed by atoms with Gasteiger partial charge in [0.2, 0.25) is 0 Å². The van der Waals surface area contributed by atoms with Crippen LogP contribution in [0.4, 0.5) is 5.82 Å². The van der Waals surface area contributed by atoms with Crippen molar-refractivity contribution in [2.45, 2.75) is 18.9 Å². The summed E-state index contributed by atoms with van der Waals surface area (Å²) >= 11 is 0. The SMILES string of the molecule is CNc1cccc(C(=O)N2CCCC(OC)C2)n1. The highest BCUT2D eigenvalue weighted by atomic mass is 16.5. The second-order valence-electron chi connectivity index (χ2n) is 4.41. The van der Waals surface area contributed by atoms with Gasteiger partial charge in [-0.25, -0.2) is 4.98 Å². The average Bonchev–Trinajstić information content (AvgIpc) is 2.46. The molecule has 0 radical (unpaired) electrons. The number of aromatic nitrogens is 1. The van der Waals surface area contributed by atoms with Gasteiger partial charge in [0.1, 0.15) is 11.5 Å². The van der Waals surface area contributed by atoms with Crippen LogP contribution in [0.1, 0.15) is 23.3 Å². The monoisotopic (exact) mass is 249 g/mol. The Labute approximate surface area is 107 Å². The summed E-state index contributed by atoms with van der Waals surface area (Å²) in [7, 11) is 3.48. The van der Waals surface area contributed by atoms with E-state index in [0.29, 0.717) is 18.1 Å². The lowest BCUT2D eigenvalue weighted by molar-refractivity contribution is 0.0266. The number of rotatable bonds is 3. The van der Waals surface area contributed by atoms with Gasteiger partial charge in [-0.05, 0) is 25.0 Å². The number of ether oxygens (including phenoxy) is 1. The minimum absolute atomic E-state index is 0.0196. The zero-order chi connectivity index (χ0) is 13.0. The van der Waals surface area contributed by atoms with Crippen LogP contribution in [0.25, 0.3) is 0 Å². The average molecular weight is 249 g/mol. The Bertz CT molecular complexity index is 422. The normalized spacial score (nSPS) is 19.7. The van der Waals surface area contributed by atoms with Crippen molar-refractivity contribution >= 4 is 11.7 Å². The highest BCUT2D eigenvalue weighted by Crippen LogP contribution is 2.15. The summed E-state index contributed by atoms with van der Waals surface area (Å²) in [4.78, 5) is 18.4. The van der Waals surface area contributed by atoms with Gasteiger partial charge in [0, 0.05) is 27.2 Å². The van der Waals surface area contributed by atoms with Crippen molar-refractivity contribution in [2.75, 3.05) is 32.6 Å². The van der Waals surface area contributed by atoms with Crippen molar-refractivity contribution in [3.8, 4) is 0 Å². The summed E-state index contributed by atoms with van der Waals surface area (Å²) in [5, 5.41) is 2.94. The number of anilines is 1. The predicted molar refractivity (Wildman–Crippen MR) is 69.7 cm³/mol. The molecule has 1 aliphatic heterocycles. The lowest BCUT2D eigenvalue weighted by atomic mass is 10.1. The van der Waals surface area contributed by atoms with Crippen molar-refractivity contribution in [2.24, 2.45) is 0 Å². The quantitative estimate of drug-likeness (QED) is 0.879. The number of piperidine rings is 1. The molecule has 1 N–H and O–H groups in total. The predicted octanol–water partition coefficient (Wildman–Crippen LogP) is 1.37. The van der Waals surface area contributed by atoms with Crippen LogP contribution in [0.15, 0.2) is 18.2 Å². The van der Waals surface area contributed by atoms with E-state index < -0.39 is 0 Å². The molecule has 1 aromatic heterocycles. The molecule has 98 valence electrons. The molecule has 0 spiro atoms. The third-order valence-corrected chi connectivity index (χ3v) is 3.22. The third kappa shape index (κ3) is 2.79. The van der Waals surface area contributed by atoms with Crippen LogP contribution < -0.4 is 5.32 Å². The van der Waals surface area contributed by atoms with Crippen LogP contribution in [0.5, 0.6) is 0 Å². The topological polar surface area (TPSA) is 54.5 Å². The highest BCUT2D eigenvalue weighted by Gasteiger charge is 2.24. The van der Waals surface area contributed by atoms with Gasteiger partial charge in [-0.15, -0.1) is 0 Å². The molecule has 1 unspecified atom stereocenters. The number of methoxy groups -OCH3 is 1. The summed E-state index contributed by atoms with van der Waals surface area (Å²) in [5.74, 6) is 0.690. The minimum atomic E-state index is -0.0196. The molecule has 1 saturated heterocycles. The molecule has 1 atom stereocenters. The summed E-state index contributed by atoms with van der Waals surface area (Å²) in [6, 6.07) is 5.42. The van der Waals surface area contributed by atoms with Crippen LogP contribution in [0, 0.1) is 0 Å². The largest absolute Gasteiger partial charge is 0.380 e. The smallest absolute Gasteiger partial charge is 0.272 e. The number of carbonyl (C=O) groups excluding carboxylic acids is 1. The highest BCUT2D eigenvalue weighted by molar-refractivity contribution is 5.92. The summed E-state index contributed by atoms with van der Waals surface area (Å²) < 4.78 is 5.33. The van der Waals surface area contributed by atoms with E-state index in [1.165, 1.54) is 0 Å². The van der Waals surface area contributed by atoms with Crippen molar-refractivity contribution in [1.29, 1.82) is 0 Å². The molecule has 18 heavy (non-hydrogen) atoms. The first-order valence-electron chi connectivity index (χ1n) is 6.21. The molecule has 5 nitrogen and oxygen atoms in total. The van der Waals surface area contributed by atoms with Gasteiger partial charge in [0.05, 0.1) is 6.10 Å². The maximum atomic E-state index is 12.3. The van der Waals surface area contributed by atoms with E-state index in [-0.39, 0.29) is 12.0 Å². The summed E-state index contributed by atoms with van der Waals surface area (Å²) in [6.07, 6.45) is 2.15. The van der Waals surface area contributed by atoms with E-state index in [9.17, 15) is 4.79 Å². The molecule has 5 heteroatoms. The molecular formula is C13H19N3O2. The first kappa shape index (κ1) is 12.8. The first-order valence-corrected chi connectivity index (χ1v) is 6.21. The number of amides is 1. The lowest BCUT2D eigenvalue weighted by Gasteiger charge is -2.31. The Morgan fingerprint density at radius 1 is 1.56 bits per heavy atom. The minimum Gasteiger partial charge on any atom is -0.380 e. The summed E-state index contributed by atoms with van der Waals surface area (Å²) in [6.45, 7) is 1.44. The Balaban J connectivity index is 2.10. The van der Waals surface area contributed by atoms with E-state index in [0.717, 1.165) is 19.4 Å². The molecule has 0 aromatic carbocycles. The lowest BCUT2D eigenvalue weighted by Crippen LogP contribution is -2.43. The van der Waals surface area contributed by atoms with Gasteiger partial charge in [0.25, 0.3) is 5.91 Å². The molecule has 2 heterocycles. The van der Waals surface area contributed by atoms with Crippen molar-refractivity contribution in [1.82, 2.24) is 9.88 Å². The van der Waals surface area contributed by atoms with Gasteiger partial charge < -0.3 is 15.0 Å². The van der Waals surface area contributed by atoms with Crippen LogP contribution in [0.2, 0.25) is 0 Å². The molecule has 1 amide bonds. The van der Waals surface area contributed by atoms with E-state index >= 15 is 0 Å². The van der Waals surface area contributed by atoms with E-state index in [4.69, 9.17) is 4.74 Å². The van der Waals surface area contributed by atoms with Gasteiger partial charge in [-0.1, -0.05) is 6.07 Å². The number of hydrogen-bond acceptors (Lipinski definition) is 4. The molecular weight excluding hydrogens is 230 g/mol. The second kappa shape index (κ2) is 5.82. The number of pyridine rings is 1. The Morgan fingerprint density at radius 3 is 3.11 bits per heavy atom. The van der Waals surface area contributed by atoms with Gasteiger partial charge >= 0.3 is 0 Å². The molecule has 1 aliphatic rings. The number of hydrogen-bond donors (Lipinski definition) is 1. The molecule has 0 aliphatic carbocycles. The summed E-state index contributed by atoms with van der Waals surface area (Å²) in [5.41, 5.74) is 0.485. The van der Waals surface area contributed by atoms with E-state index in [2.05, 4.69) is 10.3 Å². The van der Waals surface area contributed by atoms with Gasteiger partial charge in [-0.3, -0.25) is 4.79 Å². The van der Waals surface area contributed by atoms with Crippen LogP contribution in [-0.4, -0.2) is 49.1 Å². The second-order valence-corrected chi connectivity index (χ2v) is 4.41. The maximum absolute atomic E-state index is 12.3. The maximum Gasteiger partial charge on any atom is 0.272 e. The number of nitrogens with zero attached hydrogens (tertiary/aromatic N) is 2.